The molecule has 1 saturated carbocycles. The van der Waals surface area contributed by atoms with E-state index in [0.29, 0.717) is 32.3 Å². The highest BCUT2D eigenvalue weighted by Gasteiger charge is 2.35. The Hall–Kier alpha value is -1.14. The van der Waals surface area contributed by atoms with Crippen LogP contribution in [0.25, 0.3) is 0 Å². The summed E-state index contributed by atoms with van der Waals surface area (Å²) in [5, 5.41) is 6.02. The smallest absolute Gasteiger partial charge is 0.245 e. The summed E-state index contributed by atoms with van der Waals surface area (Å²) < 4.78 is 5.34. The number of morpholine rings is 1. The first-order chi connectivity index (χ1) is 9.22. The summed E-state index contributed by atoms with van der Waals surface area (Å²) in [6.45, 7) is 4.47. The molecule has 6 nitrogen and oxygen atoms in total. The zero-order valence-electron chi connectivity index (χ0n) is 11.5. The fourth-order valence-corrected chi connectivity index (χ4v) is 2.12. The van der Waals surface area contributed by atoms with Crippen LogP contribution in [-0.2, 0) is 14.3 Å². The molecule has 1 saturated heterocycles. The summed E-state index contributed by atoms with van der Waals surface area (Å²) in [5.41, 5.74) is 0. The largest absolute Gasteiger partial charge is 0.377 e. The van der Waals surface area contributed by atoms with Gasteiger partial charge in [0.05, 0.1) is 19.8 Å². The van der Waals surface area contributed by atoms with Gasteiger partial charge in [0.15, 0.2) is 0 Å². The van der Waals surface area contributed by atoms with E-state index < -0.39 is 6.04 Å². The molecule has 1 atom stereocenters. The van der Waals surface area contributed by atoms with Gasteiger partial charge in [-0.1, -0.05) is 6.92 Å². The third kappa shape index (κ3) is 4.18. The molecule has 2 fully saturated rings. The summed E-state index contributed by atoms with van der Waals surface area (Å²) in [6.07, 6.45) is 3.08. The van der Waals surface area contributed by atoms with Gasteiger partial charge in [-0.15, -0.1) is 0 Å². The van der Waals surface area contributed by atoms with Gasteiger partial charge >= 0.3 is 0 Å². The van der Waals surface area contributed by atoms with Crippen LogP contribution in [0.4, 0.5) is 0 Å². The van der Waals surface area contributed by atoms with Crippen LogP contribution in [0.2, 0.25) is 0 Å². The molecule has 0 aromatic carbocycles. The van der Waals surface area contributed by atoms with Crippen molar-refractivity contribution in [3.05, 3.63) is 0 Å². The van der Waals surface area contributed by atoms with E-state index in [1.165, 1.54) is 0 Å². The Morgan fingerprint density at radius 1 is 1.37 bits per heavy atom. The molecule has 1 heterocycles. The molecule has 2 amide bonds. The van der Waals surface area contributed by atoms with Crippen molar-refractivity contribution in [1.82, 2.24) is 15.5 Å². The van der Waals surface area contributed by atoms with E-state index in [9.17, 15) is 9.59 Å². The van der Waals surface area contributed by atoms with E-state index in [2.05, 4.69) is 17.6 Å². The van der Waals surface area contributed by atoms with Crippen LogP contribution >= 0.6 is 0 Å². The van der Waals surface area contributed by atoms with Gasteiger partial charge in [-0.05, 0) is 25.8 Å². The van der Waals surface area contributed by atoms with Gasteiger partial charge in [-0.3, -0.25) is 9.59 Å². The molecule has 0 aromatic rings. The predicted octanol–water partition coefficient (Wildman–Crippen LogP) is -0.508. The van der Waals surface area contributed by atoms with Gasteiger partial charge in [0.25, 0.3) is 0 Å². The quantitative estimate of drug-likeness (QED) is 0.637. The van der Waals surface area contributed by atoms with Crippen LogP contribution in [0.3, 0.4) is 0 Å². The Labute approximate surface area is 113 Å². The lowest BCUT2D eigenvalue weighted by Gasteiger charge is -2.34. The molecule has 0 bridgehead atoms. The number of carbonyl (C=O) groups excluding carboxylic acids is 2. The predicted molar refractivity (Wildman–Crippen MR) is 70.6 cm³/mol. The molecule has 0 aromatic heterocycles. The monoisotopic (exact) mass is 269 g/mol. The molecule has 1 aliphatic heterocycles. The van der Waals surface area contributed by atoms with E-state index in [0.717, 1.165) is 25.8 Å². The number of amides is 2. The number of rotatable bonds is 6. The molecule has 108 valence electrons. The normalized spacial score (nSPS) is 23.2. The van der Waals surface area contributed by atoms with Gasteiger partial charge in [0.2, 0.25) is 11.8 Å². The minimum Gasteiger partial charge on any atom is -0.377 e. The van der Waals surface area contributed by atoms with Crippen LogP contribution in [-0.4, -0.2) is 61.6 Å². The first-order valence-electron chi connectivity index (χ1n) is 7.10. The third-order valence-corrected chi connectivity index (χ3v) is 3.38. The maximum absolute atomic E-state index is 12.1. The van der Waals surface area contributed by atoms with Crippen LogP contribution in [0.5, 0.6) is 0 Å². The van der Waals surface area contributed by atoms with E-state index in [-0.39, 0.29) is 11.8 Å². The van der Waals surface area contributed by atoms with Crippen molar-refractivity contribution in [3.8, 4) is 0 Å². The van der Waals surface area contributed by atoms with E-state index in [1.54, 1.807) is 4.90 Å². The summed E-state index contributed by atoms with van der Waals surface area (Å²) >= 11 is 0. The molecule has 2 rings (SSSR count). The van der Waals surface area contributed by atoms with Crippen molar-refractivity contribution in [2.45, 2.75) is 38.3 Å². The summed E-state index contributed by atoms with van der Waals surface area (Å²) in [6, 6.07) is -0.158. The average Bonchev–Trinajstić information content (AvgIpc) is 3.23. The lowest BCUT2D eigenvalue weighted by atomic mass is 10.2. The molecular formula is C13H23N3O3. The minimum atomic E-state index is -0.467. The van der Waals surface area contributed by atoms with Crippen LogP contribution in [0.15, 0.2) is 0 Å². The Morgan fingerprint density at radius 3 is 2.84 bits per heavy atom. The zero-order chi connectivity index (χ0) is 13.7. The second kappa shape index (κ2) is 6.86. The number of hydrogen-bond acceptors (Lipinski definition) is 4. The van der Waals surface area contributed by atoms with Gasteiger partial charge in [-0.2, -0.15) is 0 Å². The van der Waals surface area contributed by atoms with Crippen molar-refractivity contribution in [1.29, 1.82) is 0 Å². The molecule has 0 radical (unpaired) electrons. The second-order valence-electron chi connectivity index (χ2n) is 5.14. The van der Waals surface area contributed by atoms with Crippen molar-refractivity contribution >= 4 is 11.8 Å². The molecule has 1 unspecified atom stereocenters. The van der Waals surface area contributed by atoms with Gasteiger partial charge in [-0.25, -0.2) is 0 Å². The molecule has 0 spiro atoms. The standard InChI is InChI=1S/C13H23N3O3/c1-2-5-14-8-12(17)16-6-7-19-9-11(16)13(18)15-10-3-4-10/h10-11,14H,2-9H2,1H3,(H,15,18). The van der Waals surface area contributed by atoms with Gasteiger partial charge in [0.1, 0.15) is 6.04 Å². The van der Waals surface area contributed by atoms with E-state index in [1.807, 2.05) is 0 Å². The molecular weight excluding hydrogens is 246 g/mol. The summed E-state index contributed by atoms with van der Waals surface area (Å²) in [5.74, 6) is -0.0984. The van der Waals surface area contributed by atoms with Crippen molar-refractivity contribution in [2.75, 3.05) is 32.8 Å². The summed E-state index contributed by atoms with van der Waals surface area (Å²) in [4.78, 5) is 25.8. The highest BCUT2D eigenvalue weighted by Crippen LogP contribution is 2.19. The van der Waals surface area contributed by atoms with Crippen molar-refractivity contribution < 1.29 is 14.3 Å². The Balaban J connectivity index is 1.86. The fourth-order valence-electron chi connectivity index (χ4n) is 2.12. The fraction of sp³-hybridized carbons (Fsp3) is 0.846. The molecule has 2 N–H and O–H groups in total. The SMILES string of the molecule is CCCNCC(=O)N1CCOCC1C(=O)NC1CC1. The minimum absolute atomic E-state index is 0.0207. The highest BCUT2D eigenvalue weighted by atomic mass is 16.5. The van der Waals surface area contributed by atoms with Gasteiger partial charge in [0, 0.05) is 12.6 Å². The summed E-state index contributed by atoms with van der Waals surface area (Å²) in [7, 11) is 0. The number of hydrogen-bond donors (Lipinski definition) is 2. The Morgan fingerprint density at radius 2 is 2.16 bits per heavy atom. The lowest BCUT2D eigenvalue weighted by molar-refractivity contribution is -0.147. The van der Waals surface area contributed by atoms with E-state index >= 15 is 0 Å². The number of carbonyl (C=O) groups is 2. The zero-order valence-corrected chi connectivity index (χ0v) is 11.5. The van der Waals surface area contributed by atoms with Crippen molar-refractivity contribution in [3.63, 3.8) is 0 Å². The average molecular weight is 269 g/mol. The maximum atomic E-state index is 12.1. The Kier molecular flexibility index (Phi) is 5.15. The van der Waals surface area contributed by atoms with E-state index in [4.69, 9.17) is 4.74 Å². The Bertz CT molecular complexity index is 331. The first kappa shape index (κ1) is 14.3. The number of ether oxygens (including phenoxy) is 1. The van der Waals surface area contributed by atoms with Crippen LogP contribution in [0, 0.1) is 0 Å². The molecule has 19 heavy (non-hydrogen) atoms. The first-order valence-corrected chi connectivity index (χ1v) is 7.10. The number of nitrogens with one attached hydrogen (secondary N) is 2. The topological polar surface area (TPSA) is 70.7 Å². The molecule has 1 aliphatic carbocycles. The third-order valence-electron chi connectivity index (χ3n) is 3.38. The van der Waals surface area contributed by atoms with Crippen molar-refractivity contribution in [2.24, 2.45) is 0 Å². The lowest BCUT2D eigenvalue weighted by Crippen LogP contribution is -2.57. The van der Waals surface area contributed by atoms with Gasteiger partial charge < -0.3 is 20.3 Å². The van der Waals surface area contributed by atoms with Crippen LogP contribution in [0.1, 0.15) is 26.2 Å². The molecule has 6 heteroatoms. The highest BCUT2D eigenvalue weighted by molar-refractivity contribution is 5.89. The van der Waals surface area contributed by atoms with Crippen LogP contribution < -0.4 is 10.6 Å². The second-order valence-corrected chi connectivity index (χ2v) is 5.14. The maximum Gasteiger partial charge on any atom is 0.245 e. The molecule has 2 aliphatic rings. The number of nitrogens with zero attached hydrogens (tertiary/aromatic N) is 1.